The molecule has 0 bridgehead atoms. The van der Waals surface area contributed by atoms with Gasteiger partial charge in [-0.2, -0.15) is 0 Å². The maximum atomic E-state index is 14.0. The standard InChI is InChI=1S/C30H36ClN3O5S2/c1-5-19-32-30(36)22(3)33(20-23-7-9-24(31)10-8-23)29(35)21-34(25-11-13-26(14-12-25)39-6-2)41(37,38)28-17-15-27(40-4)16-18-28/h7-18,22H,5-6,19-21H2,1-4H3,(H,32,36)/t22-/m0/s1. The number of amides is 2. The van der Waals surface area contributed by atoms with Crippen LogP contribution < -0.4 is 14.4 Å². The van der Waals surface area contributed by atoms with Crippen LogP contribution >= 0.6 is 23.4 Å². The van der Waals surface area contributed by atoms with Gasteiger partial charge in [-0.15, -0.1) is 11.8 Å². The van der Waals surface area contributed by atoms with E-state index < -0.39 is 28.5 Å². The van der Waals surface area contributed by atoms with Crippen LogP contribution in [0.2, 0.25) is 5.02 Å². The van der Waals surface area contributed by atoms with Crippen molar-refractivity contribution in [1.29, 1.82) is 0 Å². The number of benzene rings is 3. The summed E-state index contributed by atoms with van der Waals surface area (Å²) < 4.78 is 34.5. The lowest BCUT2D eigenvalue weighted by atomic mass is 10.1. The van der Waals surface area contributed by atoms with Gasteiger partial charge in [-0.25, -0.2) is 8.42 Å². The third-order valence-corrected chi connectivity index (χ3v) is 9.13. The third-order valence-electron chi connectivity index (χ3n) is 6.34. The number of nitrogens with zero attached hydrogens (tertiary/aromatic N) is 2. The summed E-state index contributed by atoms with van der Waals surface area (Å²) in [5.41, 5.74) is 1.05. The molecule has 0 radical (unpaired) electrons. The Kier molecular flexibility index (Phi) is 11.9. The summed E-state index contributed by atoms with van der Waals surface area (Å²) in [6, 6.07) is 19.1. The maximum Gasteiger partial charge on any atom is 0.264 e. The molecule has 0 saturated heterocycles. The van der Waals surface area contributed by atoms with E-state index in [-0.39, 0.29) is 17.3 Å². The molecule has 0 aliphatic heterocycles. The SMILES string of the molecule is CCCNC(=O)[C@H](C)N(Cc1ccc(Cl)cc1)C(=O)CN(c1ccc(OCC)cc1)S(=O)(=O)c1ccc(SC)cc1. The predicted molar refractivity (Wildman–Crippen MR) is 165 cm³/mol. The molecule has 8 nitrogen and oxygen atoms in total. The molecule has 0 fully saturated rings. The number of carbonyl (C=O) groups is 2. The molecule has 0 heterocycles. The second kappa shape index (κ2) is 15.1. The molecular formula is C30H36ClN3O5S2. The highest BCUT2D eigenvalue weighted by atomic mass is 35.5. The molecule has 3 aromatic rings. The first-order valence-electron chi connectivity index (χ1n) is 13.3. The summed E-state index contributed by atoms with van der Waals surface area (Å²) in [5, 5.41) is 3.37. The van der Waals surface area contributed by atoms with E-state index in [1.54, 1.807) is 67.6 Å². The number of hydrogen-bond donors (Lipinski definition) is 1. The molecule has 0 saturated carbocycles. The van der Waals surface area contributed by atoms with E-state index in [9.17, 15) is 18.0 Å². The van der Waals surface area contributed by atoms with Gasteiger partial charge in [-0.3, -0.25) is 13.9 Å². The second-order valence-electron chi connectivity index (χ2n) is 9.23. The van der Waals surface area contributed by atoms with E-state index in [1.807, 2.05) is 20.1 Å². The smallest absolute Gasteiger partial charge is 0.264 e. The van der Waals surface area contributed by atoms with Crippen molar-refractivity contribution in [2.24, 2.45) is 0 Å². The molecule has 220 valence electrons. The fourth-order valence-electron chi connectivity index (χ4n) is 4.04. The fourth-order valence-corrected chi connectivity index (χ4v) is 5.99. The zero-order valence-electron chi connectivity index (χ0n) is 23.7. The van der Waals surface area contributed by atoms with Crippen molar-refractivity contribution in [2.45, 2.75) is 49.6 Å². The molecule has 0 aromatic heterocycles. The highest BCUT2D eigenvalue weighted by Gasteiger charge is 2.32. The van der Waals surface area contributed by atoms with Crippen LogP contribution in [0.4, 0.5) is 5.69 Å². The number of thioether (sulfide) groups is 1. The Morgan fingerprint density at radius 2 is 1.61 bits per heavy atom. The number of carbonyl (C=O) groups excluding carboxylic acids is 2. The minimum atomic E-state index is -4.15. The van der Waals surface area contributed by atoms with Crippen molar-refractivity contribution in [2.75, 3.05) is 30.3 Å². The van der Waals surface area contributed by atoms with Gasteiger partial charge in [0, 0.05) is 23.0 Å². The van der Waals surface area contributed by atoms with Crippen LogP contribution in [0.15, 0.2) is 82.6 Å². The van der Waals surface area contributed by atoms with Crippen LogP contribution in [0.1, 0.15) is 32.8 Å². The maximum absolute atomic E-state index is 14.0. The van der Waals surface area contributed by atoms with E-state index in [0.29, 0.717) is 29.6 Å². The molecule has 11 heteroatoms. The first-order chi connectivity index (χ1) is 19.6. The average molecular weight is 618 g/mol. The van der Waals surface area contributed by atoms with Crippen molar-refractivity contribution in [3.63, 3.8) is 0 Å². The lowest BCUT2D eigenvalue weighted by Gasteiger charge is -2.32. The molecule has 0 aliphatic carbocycles. The summed E-state index contributed by atoms with van der Waals surface area (Å²) in [4.78, 5) is 29.3. The van der Waals surface area contributed by atoms with Crippen molar-refractivity contribution in [3.8, 4) is 5.75 Å². The van der Waals surface area contributed by atoms with Gasteiger partial charge in [0.1, 0.15) is 18.3 Å². The minimum Gasteiger partial charge on any atom is -0.494 e. The van der Waals surface area contributed by atoms with Gasteiger partial charge in [0.05, 0.1) is 17.2 Å². The highest BCUT2D eigenvalue weighted by Crippen LogP contribution is 2.28. The van der Waals surface area contributed by atoms with E-state index in [1.165, 1.54) is 28.8 Å². The zero-order valence-corrected chi connectivity index (χ0v) is 26.1. The molecule has 2 amide bonds. The van der Waals surface area contributed by atoms with Crippen molar-refractivity contribution >= 4 is 50.9 Å². The van der Waals surface area contributed by atoms with E-state index in [2.05, 4.69) is 5.32 Å². The minimum absolute atomic E-state index is 0.0509. The van der Waals surface area contributed by atoms with Gasteiger partial charge in [-0.05, 0) is 92.8 Å². The Balaban J connectivity index is 2.02. The van der Waals surface area contributed by atoms with Crippen LogP contribution in [0.5, 0.6) is 5.75 Å². The molecule has 41 heavy (non-hydrogen) atoms. The molecule has 3 aromatic carbocycles. The summed E-state index contributed by atoms with van der Waals surface area (Å²) in [6.45, 7) is 5.93. The van der Waals surface area contributed by atoms with Crippen LogP contribution in [-0.4, -0.2) is 57.1 Å². The second-order valence-corrected chi connectivity index (χ2v) is 12.4. The summed E-state index contributed by atoms with van der Waals surface area (Å²) in [7, 11) is -4.15. The molecule has 3 rings (SSSR count). The Bertz CT molecular complexity index is 1400. The highest BCUT2D eigenvalue weighted by molar-refractivity contribution is 7.98. The van der Waals surface area contributed by atoms with Crippen molar-refractivity contribution < 1.29 is 22.7 Å². The van der Waals surface area contributed by atoms with Crippen LogP contribution in [0.25, 0.3) is 0 Å². The number of halogens is 1. The lowest BCUT2D eigenvalue weighted by Crippen LogP contribution is -2.51. The van der Waals surface area contributed by atoms with E-state index >= 15 is 0 Å². The van der Waals surface area contributed by atoms with Crippen LogP contribution in [0, 0.1) is 0 Å². The fraction of sp³-hybridized carbons (Fsp3) is 0.333. The first-order valence-corrected chi connectivity index (χ1v) is 16.4. The van der Waals surface area contributed by atoms with E-state index in [0.717, 1.165) is 21.2 Å². The Labute approximate surface area is 252 Å². The van der Waals surface area contributed by atoms with Crippen LogP contribution in [-0.2, 0) is 26.2 Å². The molecule has 0 unspecified atom stereocenters. The largest absolute Gasteiger partial charge is 0.494 e. The Hall–Kier alpha value is -3.21. The Morgan fingerprint density at radius 3 is 2.17 bits per heavy atom. The van der Waals surface area contributed by atoms with Gasteiger partial charge >= 0.3 is 0 Å². The summed E-state index contributed by atoms with van der Waals surface area (Å²) in [5.74, 6) is -0.274. The summed E-state index contributed by atoms with van der Waals surface area (Å²) >= 11 is 7.55. The summed E-state index contributed by atoms with van der Waals surface area (Å²) in [6.07, 6.45) is 2.64. The van der Waals surface area contributed by atoms with Crippen LogP contribution in [0.3, 0.4) is 0 Å². The zero-order chi connectivity index (χ0) is 30.0. The normalized spacial score (nSPS) is 11.9. The number of hydrogen-bond acceptors (Lipinski definition) is 6. The quantitative estimate of drug-likeness (QED) is 0.237. The van der Waals surface area contributed by atoms with Gasteiger partial charge < -0.3 is 15.0 Å². The molecule has 0 spiro atoms. The van der Waals surface area contributed by atoms with Gasteiger partial charge in [-0.1, -0.05) is 30.7 Å². The van der Waals surface area contributed by atoms with Crippen molar-refractivity contribution in [1.82, 2.24) is 10.2 Å². The molecule has 1 atom stereocenters. The first kappa shape index (κ1) is 32.3. The average Bonchev–Trinajstić information content (AvgIpc) is 2.98. The van der Waals surface area contributed by atoms with Crippen molar-refractivity contribution in [3.05, 3.63) is 83.4 Å². The molecular weight excluding hydrogens is 582 g/mol. The topological polar surface area (TPSA) is 96.0 Å². The van der Waals surface area contributed by atoms with Gasteiger partial charge in [0.2, 0.25) is 11.8 Å². The molecule has 0 aliphatic rings. The van der Waals surface area contributed by atoms with Gasteiger partial charge in [0.25, 0.3) is 10.0 Å². The molecule has 1 N–H and O–H groups in total. The van der Waals surface area contributed by atoms with Gasteiger partial charge in [0.15, 0.2) is 0 Å². The lowest BCUT2D eigenvalue weighted by molar-refractivity contribution is -0.139. The number of sulfonamides is 1. The number of anilines is 1. The predicted octanol–water partition coefficient (Wildman–Crippen LogP) is 5.60. The monoisotopic (exact) mass is 617 g/mol. The third kappa shape index (κ3) is 8.64. The van der Waals surface area contributed by atoms with E-state index in [4.69, 9.17) is 16.3 Å². The number of nitrogens with one attached hydrogen (secondary N) is 1. The Morgan fingerprint density at radius 1 is 0.976 bits per heavy atom. The number of ether oxygens (including phenoxy) is 1. The number of rotatable bonds is 14.